The van der Waals surface area contributed by atoms with Gasteiger partial charge in [-0.3, -0.25) is 10.1 Å². The summed E-state index contributed by atoms with van der Waals surface area (Å²) < 4.78 is 1.02. The van der Waals surface area contributed by atoms with Crippen LogP contribution in [0.5, 0.6) is 0 Å². The smallest absolute Gasteiger partial charge is 0.257 e. The molecule has 0 aliphatic heterocycles. The van der Waals surface area contributed by atoms with Crippen molar-refractivity contribution in [2.45, 2.75) is 26.4 Å². The molecule has 0 aliphatic rings. The molecular formula is C12H14N2O2S. The molecule has 4 nitrogen and oxygen atoms in total. The number of aromatic nitrogens is 1. The molecule has 1 amide bonds. The molecule has 0 saturated heterocycles. The van der Waals surface area contributed by atoms with E-state index in [2.05, 4.69) is 10.3 Å². The van der Waals surface area contributed by atoms with Crippen LogP contribution >= 0.6 is 11.3 Å². The number of hydrogen-bond acceptors (Lipinski definition) is 4. The summed E-state index contributed by atoms with van der Waals surface area (Å²) in [6.07, 6.45) is 0. The maximum Gasteiger partial charge on any atom is 0.257 e. The predicted molar refractivity (Wildman–Crippen MR) is 69.3 cm³/mol. The first-order chi connectivity index (χ1) is 7.86. The van der Waals surface area contributed by atoms with Gasteiger partial charge in [0.1, 0.15) is 5.60 Å². The summed E-state index contributed by atoms with van der Waals surface area (Å²) in [5.74, 6) is -0.451. The SMILES string of the molecule is Cc1ccc2nc(NC(=O)C(C)(C)O)sc2c1. The van der Waals surface area contributed by atoms with Crippen LogP contribution in [-0.2, 0) is 4.79 Å². The Morgan fingerprint density at radius 2 is 2.18 bits per heavy atom. The van der Waals surface area contributed by atoms with Gasteiger partial charge in [-0.25, -0.2) is 4.98 Å². The number of fused-ring (bicyclic) bond motifs is 1. The fraction of sp³-hybridized carbons (Fsp3) is 0.333. The molecule has 2 rings (SSSR count). The van der Waals surface area contributed by atoms with Crippen molar-refractivity contribution in [1.82, 2.24) is 4.98 Å². The molecule has 1 aromatic heterocycles. The summed E-state index contributed by atoms with van der Waals surface area (Å²) in [6, 6.07) is 5.91. The van der Waals surface area contributed by atoms with Crippen molar-refractivity contribution in [1.29, 1.82) is 0 Å². The molecule has 0 bridgehead atoms. The highest BCUT2D eigenvalue weighted by Gasteiger charge is 2.24. The van der Waals surface area contributed by atoms with Crippen LogP contribution < -0.4 is 5.32 Å². The molecule has 0 unspecified atom stereocenters. The number of carbonyl (C=O) groups is 1. The highest BCUT2D eigenvalue weighted by molar-refractivity contribution is 7.22. The van der Waals surface area contributed by atoms with Gasteiger partial charge in [-0.2, -0.15) is 0 Å². The van der Waals surface area contributed by atoms with E-state index in [1.165, 1.54) is 25.2 Å². The quantitative estimate of drug-likeness (QED) is 0.859. The van der Waals surface area contributed by atoms with Crippen LogP contribution in [0.2, 0.25) is 0 Å². The van der Waals surface area contributed by atoms with Gasteiger partial charge in [0.05, 0.1) is 10.2 Å². The van der Waals surface area contributed by atoms with Gasteiger partial charge in [0, 0.05) is 0 Å². The molecule has 0 spiro atoms. The lowest BCUT2D eigenvalue weighted by Gasteiger charge is -2.14. The van der Waals surface area contributed by atoms with Crippen molar-refractivity contribution in [2.75, 3.05) is 5.32 Å². The van der Waals surface area contributed by atoms with Crippen LogP contribution in [0, 0.1) is 6.92 Å². The van der Waals surface area contributed by atoms with Gasteiger partial charge in [0.25, 0.3) is 5.91 Å². The van der Waals surface area contributed by atoms with Crippen LogP contribution in [-0.4, -0.2) is 21.6 Å². The Bertz CT molecular complexity index is 569. The molecule has 0 saturated carbocycles. The fourth-order valence-corrected chi connectivity index (χ4v) is 2.29. The molecule has 0 aliphatic carbocycles. The zero-order chi connectivity index (χ0) is 12.6. The molecule has 1 heterocycles. The molecule has 0 radical (unpaired) electrons. The lowest BCUT2D eigenvalue weighted by molar-refractivity contribution is -0.130. The van der Waals surface area contributed by atoms with Crippen LogP contribution in [0.1, 0.15) is 19.4 Å². The molecular weight excluding hydrogens is 236 g/mol. The molecule has 0 fully saturated rings. The van der Waals surface area contributed by atoms with E-state index in [0.29, 0.717) is 5.13 Å². The standard InChI is InChI=1S/C12H14N2O2S/c1-7-4-5-8-9(6-7)17-11(13-8)14-10(15)12(2,3)16/h4-6,16H,1-3H3,(H,13,14,15). The molecule has 5 heteroatoms. The Labute approximate surface area is 103 Å². The summed E-state index contributed by atoms with van der Waals surface area (Å²) in [4.78, 5) is 15.9. The highest BCUT2D eigenvalue weighted by Crippen LogP contribution is 2.27. The Morgan fingerprint density at radius 3 is 2.82 bits per heavy atom. The van der Waals surface area contributed by atoms with Crippen LogP contribution in [0.3, 0.4) is 0 Å². The summed E-state index contributed by atoms with van der Waals surface area (Å²) >= 11 is 1.40. The van der Waals surface area contributed by atoms with Crippen molar-refractivity contribution in [3.63, 3.8) is 0 Å². The zero-order valence-electron chi connectivity index (χ0n) is 9.94. The molecule has 17 heavy (non-hydrogen) atoms. The third-order valence-electron chi connectivity index (χ3n) is 2.32. The number of hydrogen-bond donors (Lipinski definition) is 2. The third-order valence-corrected chi connectivity index (χ3v) is 3.25. The number of aliphatic hydroxyl groups is 1. The summed E-state index contributed by atoms with van der Waals surface area (Å²) in [7, 11) is 0. The lowest BCUT2D eigenvalue weighted by atomic mass is 10.1. The number of carbonyl (C=O) groups excluding carboxylic acids is 1. The summed E-state index contributed by atoms with van der Waals surface area (Å²) in [5, 5.41) is 12.7. The molecule has 1 aromatic carbocycles. The number of aryl methyl sites for hydroxylation is 1. The van der Waals surface area contributed by atoms with E-state index in [0.717, 1.165) is 15.8 Å². The minimum Gasteiger partial charge on any atom is -0.381 e. The van der Waals surface area contributed by atoms with Crippen molar-refractivity contribution in [3.8, 4) is 0 Å². The third kappa shape index (κ3) is 2.62. The zero-order valence-corrected chi connectivity index (χ0v) is 10.8. The predicted octanol–water partition coefficient (Wildman–Crippen LogP) is 2.31. The van der Waals surface area contributed by atoms with E-state index in [4.69, 9.17) is 0 Å². The fourth-order valence-electron chi connectivity index (χ4n) is 1.34. The monoisotopic (exact) mass is 250 g/mol. The van der Waals surface area contributed by atoms with E-state index in [1.54, 1.807) is 0 Å². The number of rotatable bonds is 2. The van der Waals surface area contributed by atoms with Gasteiger partial charge in [0.15, 0.2) is 5.13 Å². The maximum atomic E-state index is 11.6. The first-order valence-corrected chi connectivity index (χ1v) is 6.09. The number of nitrogens with zero attached hydrogens (tertiary/aromatic N) is 1. The first-order valence-electron chi connectivity index (χ1n) is 5.27. The normalized spacial score (nSPS) is 11.8. The number of anilines is 1. The van der Waals surface area contributed by atoms with Crippen LogP contribution in [0.4, 0.5) is 5.13 Å². The van der Waals surface area contributed by atoms with Crippen molar-refractivity contribution < 1.29 is 9.90 Å². The minimum absolute atomic E-state index is 0.451. The number of thiazole rings is 1. The van der Waals surface area contributed by atoms with Crippen LogP contribution in [0.25, 0.3) is 10.2 Å². The highest BCUT2D eigenvalue weighted by atomic mass is 32.1. The largest absolute Gasteiger partial charge is 0.381 e. The molecule has 0 atom stereocenters. The number of nitrogens with one attached hydrogen (secondary N) is 1. The Kier molecular flexibility index (Phi) is 2.89. The van der Waals surface area contributed by atoms with E-state index in [-0.39, 0.29) is 0 Å². The maximum absolute atomic E-state index is 11.6. The average Bonchev–Trinajstić information content (AvgIpc) is 2.57. The average molecular weight is 250 g/mol. The Hall–Kier alpha value is -1.46. The second kappa shape index (κ2) is 4.09. The van der Waals surface area contributed by atoms with Gasteiger partial charge in [-0.15, -0.1) is 0 Å². The van der Waals surface area contributed by atoms with E-state index >= 15 is 0 Å². The van der Waals surface area contributed by atoms with Gasteiger partial charge in [-0.05, 0) is 38.5 Å². The molecule has 2 N–H and O–H groups in total. The molecule has 90 valence electrons. The molecule has 2 aromatic rings. The second-order valence-electron chi connectivity index (χ2n) is 4.50. The minimum atomic E-state index is -1.40. The van der Waals surface area contributed by atoms with Gasteiger partial charge in [-0.1, -0.05) is 17.4 Å². The topological polar surface area (TPSA) is 62.2 Å². The van der Waals surface area contributed by atoms with Crippen molar-refractivity contribution in [2.24, 2.45) is 0 Å². The van der Waals surface area contributed by atoms with Gasteiger partial charge >= 0.3 is 0 Å². The Morgan fingerprint density at radius 1 is 1.47 bits per heavy atom. The van der Waals surface area contributed by atoms with Gasteiger partial charge < -0.3 is 5.11 Å². The van der Waals surface area contributed by atoms with Crippen molar-refractivity contribution in [3.05, 3.63) is 23.8 Å². The summed E-state index contributed by atoms with van der Waals surface area (Å²) in [5.41, 5.74) is 0.612. The number of amides is 1. The van der Waals surface area contributed by atoms with E-state index < -0.39 is 11.5 Å². The van der Waals surface area contributed by atoms with Crippen LogP contribution in [0.15, 0.2) is 18.2 Å². The van der Waals surface area contributed by atoms with Crippen molar-refractivity contribution >= 4 is 32.6 Å². The summed E-state index contributed by atoms with van der Waals surface area (Å²) in [6.45, 7) is 4.90. The van der Waals surface area contributed by atoms with E-state index in [9.17, 15) is 9.90 Å². The van der Waals surface area contributed by atoms with E-state index in [1.807, 2.05) is 25.1 Å². The lowest BCUT2D eigenvalue weighted by Crippen LogP contribution is -2.36. The first kappa shape index (κ1) is 12.0. The van der Waals surface area contributed by atoms with Gasteiger partial charge in [0.2, 0.25) is 0 Å². The number of benzene rings is 1. The second-order valence-corrected chi connectivity index (χ2v) is 5.53. The Balaban J connectivity index is 2.29.